The second kappa shape index (κ2) is 6.84. The molecule has 146 valence electrons. The summed E-state index contributed by atoms with van der Waals surface area (Å²) in [5.74, 6) is -0.604. The number of nitrogens with one attached hydrogen (secondary N) is 2. The molecule has 0 saturated carbocycles. The van der Waals surface area contributed by atoms with Crippen LogP contribution in [0, 0.1) is 0 Å². The van der Waals surface area contributed by atoms with E-state index in [-0.39, 0.29) is 11.5 Å². The van der Waals surface area contributed by atoms with Crippen molar-refractivity contribution in [1.29, 1.82) is 0 Å². The number of hydrogen-bond donors (Lipinski definition) is 2. The standard InChI is InChI=1S/C17H21N3O6S/c1-17(11-3-5-13(26-2)6-4-11)15(22)20(16(23)19-17)9-14(21)18-12-7-8-27(24,25)10-12/h3-6,12H,7-10H2,1-2H3,(H,18,21)(H,19,23). The smallest absolute Gasteiger partial charge is 0.325 e. The predicted octanol–water partition coefficient (Wildman–Crippen LogP) is -0.234. The molecule has 0 spiro atoms. The first-order chi connectivity index (χ1) is 12.6. The lowest BCUT2D eigenvalue weighted by Gasteiger charge is -2.22. The number of rotatable bonds is 5. The molecule has 2 heterocycles. The van der Waals surface area contributed by atoms with Crippen LogP contribution in [0.5, 0.6) is 5.75 Å². The highest BCUT2D eigenvalue weighted by Crippen LogP contribution is 2.29. The van der Waals surface area contributed by atoms with Gasteiger partial charge in [0, 0.05) is 6.04 Å². The summed E-state index contributed by atoms with van der Waals surface area (Å²) in [6.45, 7) is 1.10. The van der Waals surface area contributed by atoms with Gasteiger partial charge in [-0.1, -0.05) is 12.1 Å². The topological polar surface area (TPSA) is 122 Å². The number of urea groups is 1. The normalized spacial score (nSPS) is 26.7. The maximum absolute atomic E-state index is 12.8. The molecule has 4 amide bonds. The summed E-state index contributed by atoms with van der Waals surface area (Å²) in [5, 5.41) is 5.19. The summed E-state index contributed by atoms with van der Waals surface area (Å²) in [6, 6.07) is 5.53. The Morgan fingerprint density at radius 2 is 2.00 bits per heavy atom. The van der Waals surface area contributed by atoms with Crippen LogP contribution in [0.2, 0.25) is 0 Å². The van der Waals surface area contributed by atoms with Gasteiger partial charge in [0.15, 0.2) is 9.84 Å². The van der Waals surface area contributed by atoms with Crippen LogP contribution in [0.1, 0.15) is 18.9 Å². The van der Waals surface area contributed by atoms with Crippen molar-refractivity contribution >= 4 is 27.7 Å². The summed E-state index contributed by atoms with van der Waals surface area (Å²) in [6.07, 6.45) is 0.331. The Morgan fingerprint density at radius 3 is 2.56 bits per heavy atom. The first-order valence-electron chi connectivity index (χ1n) is 8.43. The zero-order chi connectivity index (χ0) is 19.8. The Morgan fingerprint density at radius 1 is 1.33 bits per heavy atom. The van der Waals surface area contributed by atoms with Crippen LogP contribution >= 0.6 is 0 Å². The number of carbonyl (C=O) groups is 3. The zero-order valence-corrected chi connectivity index (χ0v) is 15.8. The number of imide groups is 1. The second-order valence-corrected chi connectivity index (χ2v) is 9.07. The highest BCUT2D eigenvalue weighted by atomic mass is 32.2. The molecule has 0 aliphatic carbocycles. The fraction of sp³-hybridized carbons (Fsp3) is 0.471. The van der Waals surface area contributed by atoms with Crippen LogP contribution in [0.15, 0.2) is 24.3 Å². The minimum Gasteiger partial charge on any atom is -0.497 e. The monoisotopic (exact) mass is 395 g/mol. The average molecular weight is 395 g/mol. The first-order valence-corrected chi connectivity index (χ1v) is 10.3. The maximum atomic E-state index is 12.8. The van der Waals surface area contributed by atoms with E-state index in [1.54, 1.807) is 31.2 Å². The highest BCUT2D eigenvalue weighted by molar-refractivity contribution is 7.91. The van der Waals surface area contributed by atoms with Gasteiger partial charge in [0.1, 0.15) is 17.8 Å². The van der Waals surface area contributed by atoms with Crippen molar-refractivity contribution in [1.82, 2.24) is 15.5 Å². The largest absolute Gasteiger partial charge is 0.497 e. The Labute approximate surface area is 157 Å². The molecule has 2 unspecified atom stereocenters. The fourth-order valence-corrected chi connectivity index (χ4v) is 4.96. The molecule has 2 atom stereocenters. The molecule has 2 aliphatic rings. The van der Waals surface area contributed by atoms with Crippen molar-refractivity contribution in [2.24, 2.45) is 0 Å². The van der Waals surface area contributed by atoms with E-state index >= 15 is 0 Å². The molecule has 2 aliphatic heterocycles. The maximum Gasteiger partial charge on any atom is 0.325 e. The first kappa shape index (κ1) is 19.2. The Hall–Kier alpha value is -2.62. The molecular formula is C17H21N3O6S. The molecule has 0 radical (unpaired) electrons. The van der Waals surface area contributed by atoms with E-state index in [2.05, 4.69) is 10.6 Å². The van der Waals surface area contributed by atoms with Crippen LogP contribution in [0.4, 0.5) is 4.79 Å². The van der Waals surface area contributed by atoms with Crippen LogP contribution in [0.3, 0.4) is 0 Å². The van der Waals surface area contributed by atoms with Crippen LogP contribution < -0.4 is 15.4 Å². The number of benzene rings is 1. The lowest BCUT2D eigenvalue weighted by Crippen LogP contribution is -2.45. The van der Waals surface area contributed by atoms with Gasteiger partial charge in [-0.25, -0.2) is 13.2 Å². The SMILES string of the molecule is COc1ccc(C2(C)NC(=O)N(CC(=O)NC3CCS(=O)(=O)C3)C2=O)cc1. The molecule has 0 bridgehead atoms. The van der Waals surface area contributed by atoms with Crippen molar-refractivity contribution in [2.45, 2.75) is 24.9 Å². The summed E-state index contributed by atoms with van der Waals surface area (Å²) < 4.78 is 28.0. The van der Waals surface area contributed by atoms with Crippen molar-refractivity contribution < 1.29 is 27.5 Å². The quantitative estimate of drug-likeness (QED) is 0.664. The van der Waals surface area contributed by atoms with Gasteiger partial charge < -0.3 is 15.4 Å². The van der Waals surface area contributed by atoms with Gasteiger partial charge in [0.05, 0.1) is 18.6 Å². The number of carbonyl (C=O) groups excluding carboxylic acids is 3. The lowest BCUT2D eigenvalue weighted by molar-refractivity contribution is -0.135. The minimum atomic E-state index is -3.14. The van der Waals surface area contributed by atoms with Crippen LogP contribution in [-0.4, -0.2) is 62.4 Å². The zero-order valence-electron chi connectivity index (χ0n) is 15.0. The molecule has 3 rings (SSSR count). The summed E-state index contributed by atoms with van der Waals surface area (Å²) in [7, 11) is -1.61. The predicted molar refractivity (Wildman–Crippen MR) is 95.8 cm³/mol. The third-order valence-corrected chi connectivity index (χ3v) is 6.61. The number of sulfone groups is 1. The number of ether oxygens (including phenoxy) is 1. The Bertz CT molecular complexity index is 882. The minimum absolute atomic E-state index is 0.0244. The van der Waals surface area contributed by atoms with E-state index in [1.165, 1.54) is 7.11 Å². The van der Waals surface area contributed by atoms with Gasteiger partial charge in [-0.3, -0.25) is 14.5 Å². The van der Waals surface area contributed by atoms with Crippen LogP contribution in [-0.2, 0) is 25.0 Å². The molecule has 2 fully saturated rings. The molecule has 10 heteroatoms. The molecule has 1 aromatic rings. The lowest BCUT2D eigenvalue weighted by atomic mass is 9.92. The molecule has 1 aromatic carbocycles. The molecule has 0 aromatic heterocycles. The fourth-order valence-electron chi connectivity index (χ4n) is 3.29. The van der Waals surface area contributed by atoms with Gasteiger partial charge in [-0.2, -0.15) is 0 Å². The Balaban J connectivity index is 1.69. The van der Waals surface area contributed by atoms with Gasteiger partial charge in [0.2, 0.25) is 5.91 Å². The average Bonchev–Trinajstić information content (AvgIpc) is 3.06. The van der Waals surface area contributed by atoms with Gasteiger partial charge >= 0.3 is 6.03 Å². The van der Waals surface area contributed by atoms with Gasteiger partial charge in [-0.05, 0) is 31.0 Å². The highest BCUT2D eigenvalue weighted by Gasteiger charge is 2.49. The molecular weight excluding hydrogens is 374 g/mol. The number of hydrogen-bond acceptors (Lipinski definition) is 6. The van der Waals surface area contributed by atoms with Crippen molar-refractivity contribution in [3.63, 3.8) is 0 Å². The molecule has 2 saturated heterocycles. The van der Waals surface area contributed by atoms with E-state index in [9.17, 15) is 22.8 Å². The molecule has 27 heavy (non-hydrogen) atoms. The summed E-state index contributed by atoms with van der Waals surface area (Å²) >= 11 is 0. The van der Waals surface area contributed by atoms with Gasteiger partial charge in [-0.15, -0.1) is 0 Å². The van der Waals surface area contributed by atoms with E-state index in [1.807, 2.05) is 0 Å². The number of amides is 4. The van der Waals surface area contributed by atoms with Crippen molar-refractivity contribution in [3.05, 3.63) is 29.8 Å². The third-order valence-electron chi connectivity index (χ3n) is 4.84. The molecule has 2 N–H and O–H groups in total. The van der Waals surface area contributed by atoms with E-state index in [4.69, 9.17) is 4.74 Å². The van der Waals surface area contributed by atoms with Crippen molar-refractivity contribution in [2.75, 3.05) is 25.2 Å². The summed E-state index contributed by atoms with van der Waals surface area (Å²) in [4.78, 5) is 38.1. The van der Waals surface area contributed by atoms with E-state index in [0.717, 1.165) is 4.90 Å². The Kier molecular flexibility index (Phi) is 4.85. The summed E-state index contributed by atoms with van der Waals surface area (Å²) in [5.41, 5.74) is -0.730. The van der Waals surface area contributed by atoms with Crippen molar-refractivity contribution in [3.8, 4) is 5.75 Å². The van der Waals surface area contributed by atoms with E-state index in [0.29, 0.717) is 17.7 Å². The van der Waals surface area contributed by atoms with E-state index < -0.39 is 45.8 Å². The molecule has 9 nitrogen and oxygen atoms in total. The second-order valence-electron chi connectivity index (χ2n) is 6.84. The number of methoxy groups -OCH3 is 1. The van der Waals surface area contributed by atoms with Gasteiger partial charge in [0.25, 0.3) is 5.91 Å². The third kappa shape index (κ3) is 3.75. The van der Waals surface area contributed by atoms with Crippen LogP contribution in [0.25, 0.3) is 0 Å². The number of nitrogens with zero attached hydrogens (tertiary/aromatic N) is 1.